The molecule has 1 saturated heterocycles. The van der Waals surface area contributed by atoms with Gasteiger partial charge in [-0.25, -0.2) is 4.39 Å². The van der Waals surface area contributed by atoms with Crippen LogP contribution in [0.3, 0.4) is 0 Å². The normalized spacial score (nSPS) is 21.5. The maximum absolute atomic E-state index is 12.9. The highest BCUT2D eigenvalue weighted by atomic mass is 19.1. The molecule has 19 heavy (non-hydrogen) atoms. The van der Waals surface area contributed by atoms with Gasteiger partial charge in [0.05, 0.1) is 11.9 Å². The average Bonchev–Trinajstić information content (AvgIpc) is 2.41. The van der Waals surface area contributed by atoms with Gasteiger partial charge in [-0.05, 0) is 25.0 Å². The summed E-state index contributed by atoms with van der Waals surface area (Å²) >= 11 is 0. The van der Waals surface area contributed by atoms with Crippen molar-refractivity contribution >= 4 is 5.91 Å². The number of hydrogen-bond acceptors (Lipinski definition) is 3. The van der Waals surface area contributed by atoms with Crippen LogP contribution in [0.4, 0.5) is 4.39 Å². The molecule has 0 aromatic carbocycles. The van der Waals surface area contributed by atoms with E-state index in [0.717, 1.165) is 25.1 Å². The number of aromatic nitrogens is 1. The van der Waals surface area contributed by atoms with Crippen LogP contribution in [0.2, 0.25) is 0 Å². The number of hydrogen-bond donors (Lipinski definition) is 1. The Labute approximate surface area is 113 Å². The molecule has 0 radical (unpaired) electrons. The molecule has 1 aromatic rings. The van der Waals surface area contributed by atoms with Crippen molar-refractivity contribution in [3.05, 3.63) is 29.8 Å². The van der Waals surface area contributed by atoms with Crippen LogP contribution in [0, 0.1) is 5.82 Å². The Bertz CT molecular complexity index is 435. The van der Waals surface area contributed by atoms with E-state index in [0.29, 0.717) is 6.42 Å². The number of pyridine rings is 1. The molecule has 2 rings (SSSR count). The van der Waals surface area contributed by atoms with Crippen LogP contribution in [-0.2, 0) is 4.79 Å². The molecular weight excluding hydrogens is 245 g/mol. The third-order valence-corrected chi connectivity index (χ3v) is 3.58. The van der Waals surface area contributed by atoms with Gasteiger partial charge < -0.3 is 10.2 Å². The minimum Gasteiger partial charge on any atom is -0.344 e. The fraction of sp³-hybridized carbons (Fsp3) is 0.571. The van der Waals surface area contributed by atoms with Crippen molar-refractivity contribution in [1.29, 1.82) is 0 Å². The number of carbonyl (C=O) groups is 1. The molecule has 2 unspecified atom stereocenters. The fourth-order valence-electron chi connectivity index (χ4n) is 2.44. The summed E-state index contributed by atoms with van der Waals surface area (Å²) in [6, 6.07) is 3.53. The zero-order chi connectivity index (χ0) is 13.8. The van der Waals surface area contributed by atoms with Gasteiger partial charge >= 0.3 is 0 Å². The summed E-state index contributed by atoms with van der Waals surface area (Å²) in [5.41, 5.74) is 0.850. The Hall–Kier alpha value is -1.49. The molecule has 1 aliphatic heterocycles. The van der Waals surface area contributed by atoms with Crippen molar-refractivity contribution in [2.45, 2.75) is 38.3 Å². The van der Waals surface area contributed by atoms with Gasteiger partial charge in [-0.1, -0.05) is 6.92 Å². The SMILES string of the molecule is CCC(NC1CCC(=O)N(C)C1)c1ccc(F)cn1. The Morgan fingerprint density at radius 2 is 2.37 bits per heavy atom. The molecule has 0 aliphatic carbocycles. The van der Waals surface area contributed by atoms with E-state index in [1.807, 2.05) is 7.05 Å². The number of halogens is 1. The average molecular weight is 265 g/mol. The first-order valence-electron chi connectivity index (χ1n) is 6.71. The molecule has 1 amide bonds. The topological polar surface area (TPSA) is 45.2 Å². The molecule has 0 spiro atoms. The van der Waals surface area contributed by atoms with E-state index in [-0.39, 0.29) is 23.8 Å². The number of nitrogens with zero attached hydrogens (tertiary/aromatic N) is 2. The van der Waals surface area contributed by atoms with Gasteiger partial charge in [0, 0.05) is 32.1 Å². The summed E-state index contributed by atoms with van der Waals surface area (Å²) in [5.74, 6) is -0.118. The maximum Gasteiger partial charge on any atom is 0.222 e. The van der Waals surface area contributed by atoms with E-state index in [9.17, 15) is 9.18 Å². The third-order valence-electron chi connectivity index (χ3n) is 3.58. The Morgan fingerprint density at radius 3 is 2.95 bits per heavy atom. The summed E-state index contributed by atoms with van der Waals surface area (Å²) < 4.78 is 12.9. The molecule has 1 fully saturated rings. The fourth-order valence-corrected chi connectivity index (χ4v) is 2.44. The van der Waals surface area contributed by atoms with E-state index in [2.05, 4.69) is 17.2 Å². The van der Waals surface area contributed by atoms with Crippen LogP contribution >= 0.6 is 0 Å². The monoisotopic (exact) mass is 265 g/mol. The number of likely N-dealkylation sites (tertiary alicyclic amines) is 1. The second-order valence-corrected chi connectivity index (χ2v) is 5.04. The van der Waals surface area contributed by atoms with Crippen LogP contribution in [-0.4, -0.2) is 35.4 Å². The first-order valence-corrected chi connectivity index (χ1v) is 6.71. The van der Waals surface area contributed by atoms with Crippen molar-refractivity contribution in [1.82, 2.24) is 15.2 Å². The maximum atomic E-state index is 12.9. The molecular formula is C14H20FN3O. The molecule has 1 aromatic heterocycles. The highest BCUT2D eigenvalue weighted by Gasteiger charge is 2.25. The molecule has 0 bridgehead atoms. The summed E-state index contributed by atoms with van der Waals surface area (Å²) in [5, 5.41) is 3.51. The van der Waals surface area contributed by atoms with Gasteiger partial charge in [0.1, 0.15) is 5.82 Å². The standard InChI is InChI=1S/C14H20FN3O/c1-3-12(13-6-4-10(15)8-16-13)17-11-5-7-14(19)18(2)9-11/h4,6,8,11-12,17H,3,5,7,9H2,1-2H3. The molecule has 1 aliphatic rings. The van der Waals surface area contributed by atoms with Crippen molar-refractivity contribution < 1.29 is 9.18 Å². The van der Waals surface area contributed by atoms with Crippen molar-refractivity contribution in [3.63, 3.8) is 0 Å². The van der Waals surface area contributed by atoms with Crippen LogP contribution < -0.4 is 5.32 Å². The predicted octanol–water partition coefficient (Wildman–Crippen LogP) is 1.88. The Balaban J connectivity index is 1.99. The van der Waals surface area contributed by atoms with E-state index in [4.69, 9.17) is 0 Å². The van der Waals surface area contributed by atoms with Gasteiger partial charge in [-0.2, -0.15) is 0 Å². The minimum absolute atomic E-state index is 0.104. The lowest BCUT2D eigenvalue weighted by atomic mass is 10.0. The van der Waals surface area contributed by atoms with Crippen LogP contribution in [0.5, 0.6) is 0 Å². The largest absolute Gasteiger partial charge is 0.344 e. The second kappa shape index (κ2) is 6.10. The van der Waals surface area contributed by atoms with Crippen LogP contribution in [0.1, 0.15) is 37.9 Å². The van der Waals surface area contributed by atoms with Gasteiger partial charge in [0.2, 0.25) is 5.91 Å². The second-order valence-electron chi connectivity index (χ2n) is 5.04. The quantitative estimate of drug-likeness (QED) is 0.904. The zero-order valence-electron chi connectivity index (χ0n) is 11.4. The summed E-state index contributed by atoms with van der Waals surface area (Å²) in [7, 11) is 1.83. The number of piperidine rings is 1. The van der Waals surface area contributed by atoms with E-state index < -0.39 is 0 Å². The highest BCUT2D eigenvalue weighted by Crippen LogP contribution is 2.18. The lowest BCUT2D eigenvalue weighted by Crippen LogP contribution is -2.47. The van der Waals surface area contributed by atoms with Gasteiger partial charge in [0.15, 0.2) is 0 Å². The van der Waals surface area contributed by atoms with Gasteiger partial charge in [-0.3, -0.25) is 9.78 Å². The number of amides is 1. The lowest BCUT2D eigenvalue weighted by molar-refractivity contribution is -0.132. The number of nitrogens with one attached hydrogen (secondary N) is 1. The molecule has 2 heterocycles. The predicted molar refractivity (Wildman–Crippen MR) is 71.0 cm³/mol. The first kappa shape index (κ1) is 13.9. The zero-order valence-corrected chi connectivity index (χ0v) is 11.4. The number of carbonyl (C=O) groups excluding carboxylic acids is 1. The van der Waals surface area contributed by atoms with Crippen molar-refractivity contribution in [3.8, 4) is 0 Å². The molecule has 104 valence electrons. The van der Waals surface area contributed by atoms with Crippen molar-refractivity contribution in [2.75, 3.05) is 13.6 Å². The van der Waals surface area contributed by atoms with E-state index >= 15 is 0 Å². The van der Waals surface area contributed by atoms with E-state index in [1.165, 1.54) is 12.3 Å². The molecule has 5 heteroatoms. The molecule has 1 N–H and O–H groups in total. The molecule has 2 atom stereocenters. The number of likely N-dealkylation sites (N-methyl/N-ethyl adjacent to an activating group) is 1. The van der Waals surface area contributed by atoms with Gasteiger partial charge in [0.25, 0.3) is 0 Å². The van der Waals surface area contributed by atoms with E-state index in [1.54, 1.807) is 11.0 Å². The Morgan fingerprint density at radius 1 is 1.58 bits per heavy atom. The van der Waals surface area contributed by atoms with Crippen LogP contribution in [0.25, 0.3) is 0 Å². The number of rotatable bonds is 4. The minimum atomic E-state index is -0.318. The molecule has 0 saturated carbocycles. The van der Waals surface area contributed by atoms with Crippen molar-refractivity contribution in [2.24, 2.45) is 0 Å². The summed E-state index contributed by atoms with van der Waals surface area (Å²) in [6.07, 6.45) is 3.56. The van der Waals surface area contributed by atoms with Gasteiger partial charge in [-0.15, -0.1) is 0 Å². The Kier molecular flexibility index (Phi) is 4.47. The van der Waals surface area contributed by atoms with Crippen LogP contribution in [0.15, 0.2) is 18.3 Å². The highest BCUT2D eigenvalue weighted by molar-refractivity contribution is 5.76. The summed E-state index contributed by atoms with van der Waals surface area (Å²) in [6.45, 7) is 2.79. The molecule has 4 nitrogen and oxygen atoms in total. The third kappa shape index (κ3) is 3.50. The smallest absolute Gasteiger partial charge is 0.222 e. The lowest BCUT2D eigenvalue weighted by Gasteiger charge is -2.32. The first-order chi connectivity index (χ1) is 9.10. The summed E-state index contributed by atoms with van der Waals surface area (Å²) in [4.78, 5) is 17.3.